The van der Waals surface area contributed by atoms with Crippen molar-refractivity contribution in [3.8, 4) is 0 Å². The summed E-state index contributed by atoms with van der Waals surface area (Å²) in [5, 5.41) is 4.09. The third-order valence-corrected chi connectivity index (χ3v) is 5.55. The number of nitrogens with zero attached hydrogens (tertiary/aromatic N) is 1. The number of rotatable bonds is 4. The Kier molecular flexibility index (Phi) is 4.94. The van der Waals surface area contributed by atoms with Gasteiger partial charge in [0.25, 0.3) is 5.91 Å². The molecule has 4 rings (SSSR count). The number of nitrogens with one attached hydrogen (secondary N) is 2. The highest BCUT2D eigenvalue weighted by Crippen LogP contribution is 2.34. The number of fused-ring (bicyclic) bond motifs is 1. The molecular formula is C22H24FN3O. The number of hydrogen-bond acceptors (Lipinski definition) is 2. The number of likely N-dealkylation sites (tertiary alicyclic amines) is 1. The summed E-state index contributed by atoms with van der Waals surface area (Å²) in [6.07, 6.45) is 4.43. The number of amides is 1. The number of aromatic nitrogens is 1. The summed E-state index contributed by atoms with van der Waals surface area (Å²) in [5.41, 5.74) is 3.61. The largest absolute Gasteiger partial charge is 0.361 e. The van der Waals surface area contributed by atoms with Gasteiger partial charge in [0.1, 0.15) is 5.82 Å². The van der Waals surface area contributed by atoms with Crippen LogP contribution in [0.5, 0.6) is 0 Å². The molecule has 0 atom stereocenters. The van der Waals surface area contributed by atoms with E-state index in [4.69, 9.17) is 0 Å². The zero-order chi connectivity index (χ0) is 18.8. The Morgan fingerprint density at radius 1 is 1.19 bits per heavy atom. The fourth-order valence-corrected chi connectivity index (χ4v) is 3.92. The number of hydrogen-bond donors (Lipinski definition) is 2. The van der Waals surface area contributed by atoms with Crippen LogP contribution in [-0.4, -0.2) is 35.4 Å². The van der Waals surface area contributed by atoms with Crippen LogP contribution in [0, 0.1) is 5.82 Å². The normalized spacial score (nSPS) is 15.9. The summed E-state index contributed by atoms with van der Waals surface area (Å²) in [6.45, 7) is 5.59. The number of halogens is 1. The molecule has 0 saturated carbocycles. The van der Waals surface area contributed by atoms with Crippen molar-refractivity contribution >= 4 is 22.5 Å². The van der Waals surface area contributed by atoms with Crippen LogP contribution in [0.15, 0.2) is 48.7 Å². The number of aromatic amines is 1. The minimum absolute atomic E-state index is 0.234. The molecule has 1 fully saturated rings. The maximum Gasteiger partial charge on any atom is 0.255 e. The van der Waals surface area contributed by atoms with E-state index >= 15 is 0 Å². The lowest BCUT2D eigenvalue weighted by Gasteiger charge is -2.30. The smallest absolute Gasteiger partial charge is 0.255 e. The van der Waals surface area contributed by atoms with Crippen LogP contribution < -0.4 is 5.32 Å². The van der Waals surface area contributed by atoms with Crippen LogP contribution in [0.2, 0.25) is 0 Å². The maximum absolute atomic E-state index is 13.0. The second kappa shape index (κ2) is 7.53. The zero-order valence-electron chi connectivity index (χ0n) is 15.5. The first kappa shape index (κ1) is 17.7. The Hall–Kier alpha value is -2.66. The Morgan fingerprint density at radius 3 is 2.63 bits per heavy atom. The lowest BCUT2D eigenvalue weighted by molar-refractivity contribution is 0.102. The third kappa shape index (κ3) is 3.74. The van der Waals surface area contributed by atoms with Gasteiger partial charge in [0.2, 0.25) is 0 Å². The number of carbonyl (C=O) groups excluding carboxylic acids is 1. The molecule has 2 N–H and O–H groups in total. The highest BCUT2D eigenvalue weighted by Gasteiger charge is 2.22. The monoisotopic (exact) mass is 365 g/mol. The minimum atomic E-state index is -0.348. The number of carbonyl (C=O) groups is 1. The van der Waals surface area contributed by atoms with E-state index in [0.29, 0.717) is 11.5 Å². The first-order valence-electron chi connectivity index (χ1n) is 9.54. The van der Waals surface area contributed by atoms with Gasteiger partial charge in [-0.1, -0.05) is 6.92 Å². The van der Waals surface area contributed by atoms with Crippen LogP contribution in [0.1, 0.15) is 41.6 Å². The van der Waals surface area contributed by atoms with Crippen molar-refractivity contribution in [3.63, 3.8) is 0 Å². The van der Waals surface area contributed by atoms with Gasteiger partial charge in [0.15, 0.2) is 0 Å². The molecule has 0 aliphatic carbocycles. The topological polar surface area (TPSA) is 48.1 Å². The molecule has 140 valence electrons. The molecule has 1 amide bonds. The SMILES string of the molecule is CCN1CCC(c2c[nH]c3ccc(NC(=O)c4ccc(F)cc4)cc23)CC1. The maximum atomic E-state index is 13.0. The van der Waals surface area contributed by atoms with Crippen molar-refractivity contribution in [1.29, 1.82) is 0 Å². The Morgan fingerprint density at radius 2 is 1.93 bits per heavy atom. The molecule has 5 heteroatoms. The molecule has 0 radical (unpaired) electrons. The molecule has 1 aliphatic heterocycles. The van der Waals surface area contributed by atoms with Crippen LogP contribution in [0.3, 0.4) is 0 Å². The van der Waals surface area contributed by atoms with Crippen LogP contribution in [-0.2, 0) is 0 Å². The third-order valence-electron chi connectivity index (χ3n) is 5.55. The number of H-pyrrole nitrogens is 1. The predicted molar refractivity (Wildman–Crippen MR) is 107 cm³/mol. The summed E-state index contributed by atoms with van der Waals surface area (Å²) in [7, 11) is 0. The van der Waals surface area contributed by atoms with E-state index in [-0.39, 0.29) is 11.7 Å². The molecule has 0 bridgehead atoms. The Labute approximate surface area is 158 Å². The second-order valence-electron chi connectivity index (χ2n) is 7.17. The quantitative estimate of drug-likeness (QED) is 0.700. The second-order valence-corrected chi connectivity index (χ2v) is 7.17. The van der Waals surface area contributed by atoms with E-state index in [9.17, 15) is 9.18 Å². The molecular weight excluding hydrogens is 341 g/mol. The summed E-state index contributed by atoms with van der Waals surface area (Å²) in [6, 6.07) is 11.5. The lowest BCUT2D eigenvalue weighted by Crippen LogP contribution is -2.32. The van der Waals surface area contributed by atoms with Gasteiger partial charge >= 0.3 is 0 Å². The summed E-state index contributed by atoms with van der Waals surface area (Å²) < 4.78 is 13.0. The van der Waals surface area contributed by atoms with Gasteiger partial charge in [-0.15, -0.1) is 0 Å². The average Bonchev–Trinajstić information content (AvgIpc) is 3.12. The van der Waals surface area contributed by atoms with Gasteiger partial charge in [-0.05, 0) is 86.4 Å². The van der Waals surface area contributed by atoms with E-state index in [1.165, 1.54) is 35.2 Å². The van der Waals surface area contributed by atoms with Crippen molar-refractivity contribution in [2.75, 3.05) is 25.0 Å². The molecule has 3 aromatic rings. The summed E-state index contributed by atoms with van der Waals surface area (Å²) in [5.74, 6) is -0.0358. The molecule has 1 aliphatic rings. The highest BCUT2D eigenvalue weighted by molar-refractivity contribution is 6.05. The first-order valence-corrected chi connectivity index (χ1v) is 9.54. The van der Waals surface area contributed by atoms with Gasteiger partial charge in [0, 0.05) is 28.4 Å². The van der Waals surface area contributed by atoms with Crippen molar-refractivity contribution in [3.05, 3.63) is 65.6 Å². The molecule has 2 aromatic carbocycles. The predicted octanol–water partition coefficient (Wildman–Crippen LogP) is 4.76. The van der Waals surface area contributed by atoms with Crippen LogP contribution >= 0.6 is 0 Å². The molecule has 1 aromatic heterocycles. The molecule has 4 nitrogen and oxygen atoms in total. The lowest BCUT2D eigenvalue weighted by atomic mass is 9.89. The van der Waals surface area contributed by atoms with E-state index < -0.39 is 0 Å². The van der Waals surface area contributed by atoms with E-state index in [2.05, 4.69) is 28.3 Å². The standard InChI is InChI=1S/C22H24FN3O/c1-2-26-11-9-15(10-12-26)20-14-24-21-8-7-18(13-19(20)21)25-22(27)16-3-5-17(23)6-4-16/h3-8,13-15,24H,2,9-12H2,1H3,(H,25,27). The van der Waals surface area contributed by atoms with Crippen LogP contribution in [0.25, 0.3) is 10.9 Å². The van der Waals surface area contributed by atoms with Crippen molar-refractivity contribution in [2.45, 2.75) is 25.7 Å². The zero-order valence-corrected chi connectivity index (χ0v) is 15.5. The summed E-state index contributed by atoms with van der Waals surface area (Å²) in [4.78, 5) is 18.3. The van der Waals surface area contributed by atoms with E-state index in [1.807, 2.05) is 18.2 Å². The van der Waals surface area contributed by atoms with Crippen molar-refractivity contribution in [1.82, 2.24) is 9.88 Å². The highest BCUT2D eigenvalue weighted by atomic mass is 19.1. The molecule has 1 saturated heterocycles. The molecule has 27 heavy (non-hydrogen) atoms. The number of benzene rings is 2. The average molecular weight is 365 g/mol. The van der Waals surface area contributed by atoms with Crippen molar-refractivity contribution < 1.29 is 9.18 Å². The number of anilines is 1. The van der Waals surface area contributed by atoms with Gasteiger partial charge in [-0.2, -0.15) is 0 Å². The fraction of sp³-hybridized carbons (Fsp3) is 0.318. The van der Waals surface area contributed by atoms with Gasteiger partial charge in [0.05, 0.1) is 0 Å². The summed E-state index contributed by atoms with van der Waals surface area (Å²) >= 11 is 0. The fourth-order valence-electron chi connectivity index (χ4n) is 3.92. The van der Waals surface area contributed by atoms with Gasteiger partial charge in [-0.25, -0.2) is 4.39 Å². The van der Waals surface area contributed by atoms with E-state index in [0.717, 1.165) is 43.7 Å². The Balaban J connectivity index is 1.55. The van der Waals surface area contributed by atoms with E-state index in [1.54, 1.807) is 0 Å². The Bertz CT molecular complexity index is 940. The molecule has 0 spiro atoms. The van der Waals surface area contributed by atoms with Crippen molar-refractivity contribution in [2.24, 2.45) is 0 Å². The van der Waals surface area contributed by atoms with Gasteiger partial charge < -0.3 is 15.2 Å². The number of piperidine rings is 1. The minimum Gasteiger partial charge on any atom is -0.361 e. The molecule has 2 heterocycles. The van der Waals surface area contributed by atoms with Crippen LogP contribution in [0.4, 0.5) is 10.1 Å². The first-order chi connectivity index (χ1) is 13.1. The molecule has 0 unspecified atom stereocenters. The van der Waals surface area contributed by atoms with Gasteiger partial charge in [-0.3, -0.25) is 4.79 Å².